The maximum atomic E-state index is 13.2. The zero-order valence-electron chi connectivity index (χ0n) is 29.1. The summed E-state index contributed by atoms with van der Waals surface area (Å²) in [5, 5.41) is 26.1. The fourth-order valence-electron chi connectivity index (χ4n) is 4.50. The first kappa shape index (κ1) is 45.3. The van der Waals surface area contributed by atoms with Gasteiger partial charge in [-0.05, 0) is 56.2 Å². The van der Waals surface area contributed by atoms with Crippen LogP contribution in [-0.2, 0) is 35.6 Å². The number of carbonyl (C=O) groups is 4. The summed E-state index contributed by atoms with van der Waals surface area (Å²) in [6, 6.07) is 14.2. The molecule has 0 bridgehead atoms. The number of aliphatic carboxylic acids is 1. The van der Waals surface area contributed by atoms with E-state index in [0.717, 1.165) is 5.56 Å². The van der Waals surface area contributed by atoms with Gasteiger partial charge in [0.2, 0.25) is 27.7 Å². The van der Waals surface area contributed by atoms with Gasteiger partial charge < -0.3 is 37.6 Å². The molecular weight excluding hydrogens is 711 g/mol. The number of hydrogen-bond donors (Lipinski definition) is 8. The Morgan fingerprint density at radius 1 is 0.904 bits per heavy atom. The number of sulfonamides is 1. The Bertz CT molecular complexity index is 1560. The van der Waals surface area contributed by atoms with Crippen LogP contribution in [0, 0.1) is 5.92 Å². The highest BCUT2D eigenvalue weighted by molar-refractivity contribution is 7.89. The molecule has 0 radical (unpaired) electrons. The Hall–Kier alpha value is -4.75. The molecular formula is C33H48F3N7O8S. The number of carboxylic acid groups (broad SMARTS) is 1. The molecule has 19 heteroatoms. The van der Waals surface area contributed by atoms with Crippen molar-refractivity contribution in [2.24, 2.45) is 22.4 Å². The van der Waals surface area contributed by atoms with Gasteiger partial charge in [-0.2, -0.15) is 17.9 Å². The van der Waals surface area contributed by atoms with E-state index in [1.807, 2.05) is 44.2 Å². The Kier molecular flexibility index (Phi) is 19.4. The van der Waals surface area contributed by atoms with E-state index in [1.54, 1.807) is 18.2 Å². The number of carbonyl (C=O) groups excluding carboxylic acids is 3. The summed E-state index contributed by atoms with van der Waals surface area (Å²) in [4.78, 5) is 51.6. The lowest BCUT2D eigenvalue weighted by Gasteiger charge is -2.27. The van der Waals surface area contributed by atoms with Crippen LogP contribution in [0.3, 0.4) is 0 Å². The number of carboxylic acids is 1. The van der Waals surface area contributed by atoms with E-state index < -0.39 is 58.2 Å². The summed E-state index contributed by atoms with van der Waals surface area (Å²) >= 11 is 0. The van der Waals surface area contributed by atoms with Gasteiger partial charge in [-0.15, -0.1) is 0 Å². The Morgan fingerprint density at radius 3 is 1.98 bits per heavy atom. The number of rotatable bonds is 19. The van der Waals surface area contributed by atoms with Gasteiger partial charge in [0.15, 0.2) is 5.96 Å². The minimum atomic E-state index is -5.08. The first-order valence-electron chi connectivity index (χ1n) is 16.2. The average molecular weight is 760 g/mol. The van der Waals surface area contributed by atoms with Gasteiger partial charge in [0.1, 0.15) is 12.1 Å². The third-order valence-electron chi connectivity index (χ3n) is 7.10. The van der Waals surface area contributed by atoms with Crippen LogP contribution in [0.1, 0.15) is 52.0 Å². The number of nitrogens with zero attached hydrogens (tertiary/aromatic N) is 1. The van der Waals surface area contributed by atoms with Crippen LogP contribution in [0.4, 0.5) is 13.2 Å². The minimum Gasteiger partial charge on any atom is -0.475 e. The van der Waals surface area contributed by atoms with Crippen LogP contribution in [0.5, 0.6) is 0 Å². The molecule has 0 aliphatic carbocycles. The monoisotopic (exact) mass is 759 g/mol. The molecule has 0 aliphatic heterocycles. The molecule has 3 amide bonds. The van der Waals surface area contributed by atoms with Crippen LogP contribution in [0.15, 0.2) is 70.6 Å². The third-order valence-corrected chi connectivity index (χ3v) is 8.59. The zero-order chi connectivity index (χ0) is 39.5. The summed E-state index contributed by atoms with van der Waals surface area (Å²) in [6.07, 6.45) is -5.11. The largest absolute Gasteiger partial charge is 0.490 e. The topological polar surface area (TPSA) is 255 Å². The average Bonchev–Trinajstić information content (AvgIpc) is 3.06. The lowest BCUT2D eigenvalue weighted by atomic mass is 9.96. The number of amides is 3. The molecule has 0 saturated carbocycles. The highest BCUT2D eigenvalue weighted by Gasteiger charge is 2.38. The second-order valence-corrected chi connectivity index (χ2v) is 13.8. The number of hydrogen-bond acceptors (Lipinski definition) is 8. The van der Waals surface area contributed by atoms with Crippen LogP contribution >= 0.6 is 0 Å². The van der Waals surface area contributed by atoms with Crippen molar-refractivity contribution >= 4 is 39.7 Å². The van der Waals surface area contributed by atoms with E-state index in [1.165, 1.54) is 19.1 Å². The lowest BCUT2D eigenvalue weighted by molar-refractivity contribution is -0.192. The van der Waals surface area contributed by atoms with Gasteiger partial charge >= 0.3 is 12.1 Å². The third kappa shape index (κ3) is 18.5. The molecule has 0 aliphatic rings. The summed E-state index contributed by atoms with van der Waals surface area (Å²) in [6.45, 7) is 5.86. The Labute approximate surface area is 300 Å². The highest BCUT2D eigenvalue weighted by atomic mass is 32.2. The smallest absolute Gasteiger partial charge is 0.475 e. The van der Waals surface area contributed by atoms with Crippen molar-refractivity contribution in [2.75, 3.05) is 13.1 Å². The van der Waals surface area contributed by atoms with Crippen LogP contribution < -0.4 is 32.1 Å². The van der Waals surface area contributed by atoms with Crippen molar-refractivity contribution in [1.82, 2.24) is 20.7 Å². The molecule has 290 valence electrons. The number of alkyl halides is 3. The van der Waals surface area contributed by atoms with Crippen molar-refractivity contribution in [3.8, 4) is 0 Å². The molecule has 2 aromatic carbocycles. The predicted octanol–water partition coefficient (Wildman–Crippen LogP) is 1.17. The van der Waals surface area contributed by atoms with Crippen molar-refractivity contribution < 1.29 is 51.0 Å². The molecule has 10 N–H and O–H groups in total. The number of aliphatic hydroxyl groups is 1. The number of aliphatic hydroxyl groups excluding tert-OH is 1. The normalized spacial score (nSPS) is 13.7. The minimum absolute atomic E-state index is 0.0209. The first-order valence-corrected chi connectivity index (χ1v) is 17.7. The number of nitrogens with two attached hydrogens (primary N) is 2. The molecule has 2 rings (SSSR count). The molecule has 4 atom stereocenters. The number of halogens is 3. The second-order valence-electron chi connectivity index (χ2n) is 12.1. The van der Waals surface area contributed by atoms with E-state index in [0.29, 0.717) is 19.4 Å². The van der Waals surface area contributed by atoms with Crippen LogP contribution in [-0.4, -0.2) is 91.8 Å². The second kappa shape index (κ2) is 22.2. The van der Waals surface area contributed by atoms with Crippen molar-refractivity contribution in [3.05, 3.63) is 66.2 Å². The zero-order valence-corrected chi connectivity index (χ0v) is 29.9. The summed E-state index contributed by atoms with van der Waals surface area (Å²) in [5.74, 6) is -4.47. The molecule has 0 heterocycles. The van der Waals surface area contributed by atoms with Gasteiger partial charge in [0.25, 0.3) is 0 Å². The number of nitrogens with one attached hydrogen (secondary N) is 4. The number of aliphatic imine (C=N–C) groups is 1. The fourth-order valence-corrected chi connectivity index (χ4v) is 5.76. The molecule has 0 fully saturated rings. The fraction of sp³-hybridized carbons (Fsp3) is 0.485. The summed E-state index contributed by atoms with van der Waals surface area (Å²) in [5.41, 5.74) is 11.8. The molecule has 0 unspecified atom stereocenters. The molecule has 2 aromatic rings. The van der Waals surface area contributed by atoms with Crippen LogP contribution in [0.25, 0.3) is 0 Å². The number of benzene rings is 2. The molecule has 0 spiro atoms. The lowest BCUT2D eigenvalue weighted by Crippen LogP contribution is -2.55. The highest BCUT2D eigenvalue weighted by Crippen LogP contribution is 2.14. The van der Waals surface area contributed by atoms with E-state index in [-0.39, 0.29) is 48.5 Å². The maximum Gasteiger partial charge on any atom is 0.490 e. The van der Waals surface area contributed by atoms with Gasteiger partial charge in [-0.3, -0.25) is 19.4 Å². The van der Waals surface area contributed by atoms with E-state index in [4.69, 9.17) is 21.4 Å². The van der Waals surface area contributed by atoms with Crippen molar-refractivity contribution in [1.29, 1.82) is 0 Å². The maximum absolute atomic E-state index is 13.2. The SMILES string of the molecule is CC(C)C[C@H](NC(=O)[C@H](C)NC(=O)[C@H](CCCN=C(N)N)NS(=O)(=O)c1ccccc1)[C@@H](O)CC(=O)NCCc1ccccc1.O=C(O)C(F)(F)F. The van der Waals surface area contributed by atoms with E-state index >= 15 is 0 Å². The van der Waals surface area contributed by atoms with Crippen molar-refractivity contribution in [2.45, 2.75) is 88.2 Å². The predicted molar refractivity (Wildman–Crippen MR) is 187 cm³/mol. The summed E-state index contributed by atoms with van der Waals surface area (Å²) in [7, 11) is -4.06. The summed E-state index contributed by atoms with van der Waals surface area (Å²) < 4.78 is 60.1. The molecule has 52 heavy (non-hydrogen) atoms. The van der Waals surface area contributed by atoms with Crippen LogP contribution in [0.2, 0.25) is 0 Å². The van der Waals surface area contributed by atoms with E-state index in [9.17, 15) is 41.1 Å². The van der Waals surface area contributed by atoms with Gasteiger partial charge in [0.05, 0.1) is 23.5 Å². The van der Waals surface area contributed by atoms with Gasteiger partial charge in [0, 0.05) is 13.1 Å². The standard InChI is InChI=1S/C31H47N7O6S.C2HF3O2/c1-21(2)19-26(27(39)20-28(40)34-18-16-23-11-6-4-7-12-23)37-29(41)22(3)36-30(42)25(15-10-17-35-31(32)33)38-45(43,44)24-13-8-5-9-14-24;3-2(4,5)1(6)7/h4-9,11-14,21-22,25-27,38-39H,10,15-20H2,1-3H3,(H,34,40)(H,36,42)(H,37,41)(H4,32,33,35);(H,6,7)/t22-,25-,26-,27-;/m0./s1. The quantitative estimate of drug-likeness (QED) is 0.0576. The van der Waals surface area contributed by atoms with E-state index in [2.05, 4.69) is 25.7 Å². The Morgan fingerprint density at radius 2 is 1.46 bits per heavy atom. The Balaban J connectivity index is 0.00000174. The number of guanidine groups is 1. The first-order chi connectivity index (χ1) is 24.2. The molecule has 0 saturated heterocycles. The van der Waals surface area contributed by atoms with Gasteiger partial charge in [-0.1, -0.05) is 62.4 Å². The van der Waals surface area contributed by atoms with Crippen molar-refractivity contribution in [3.63, 3.8) is 0 Å². The molecule has 0 aromatic heterocycles. The van der Waals surface area contributed by atoms with Gasteiger partial charge in [-0.25, -0.2) is 13.2 Å². The molecule has 15 nitrogen and oxygen atoms in total.